The highest BCUT2D eigenvalue weighted by Gasteiger charge is 2.14. The Bertz CT molecular complexity index is 567. The first kappa shape index (κ1) is 14.8. The molecule has 2 heteroatoms. The van der Waals surface area contributed by atoms with Crippen molar-refractivity contribution in [3.8, 4) is 0 Å². The molecular formula is C18H26N2. The molecule has 0 amide bonds. The number of aromatic nitrogens is 2. The summed E-state index contributed by atoms with van der Waals surface area (Å²) in [6.07, 6.45) is 4.45. The Kier molecular flexibility index (Phi) is 4.64. The fraction of sp³-hybridized carbons (Fsp3) is 0.500. The summed E-state index contributed by atoms with van der Waals surface area (Å²) in [6.45, 7) is 11.0. The minimum atomic E-state index is 0.436. The summed E-state index contributed by atoms with van der Waals surface area (Å²) in [6, 6.07) is 9.11. The smallest absolute Gasteiger partial charge is 0.0682 e. The average molecular weight is 270 g/mol. The zero-order valence-electron chi connectivity index (χ0n) is 13.4. The quantitative estimate of drug-likeness (QED) is 0.762. The topological polar surface area (TPSA) is 17.8 Å². The summed E-state index contributed by atoms with van der Waals surface area (Å²) in [7, 11) is 0. The molecule has 108 valence electrons. The highest BCUT2D eigenvalue weighted by atomic mass is 15.3. The van der Waals surface area contributed by atoms with Crippen LogP contribution in [0.5, 0.6) is 0 Å². The van der Waals surface area contributed by atoms with E-state index in [1.807, 2.05) is 0 Å². The van der Waals surface area contributed by atoms with E-state index >= 15 is 0 Å². The van der Waals surface area contributed by atoms with Crippen molar-refractivity contribution < 1.29 is 0 Å². The highest BCUT2D eigenvalue weighted by Crippen LogP contribution is 2.24. The van der Waals surface area contributed by atoms with E-state index in [1.165, 1.54) is 22.4 Å². The number of hydrogen-bond donors (Lipinski definition) is 0. The minimum Gasteiger partial charge on any atom is -0.270 e. The van der Waals surface area contributed by atoms with Crippen LogP contribution in [0.1, 0.15) is 61.5 Å². The van der Waals surface area contributed by atoms with Crippen LogP contribution in [0.4, 0.5) is 0 Å². The van der Waals surface area contributed by atoms with Crippen molar-refractivity contribution >= 4 is 0 Å². The van der Waals surface area contributed by atoms with Gasteiger partial charge in [0.1, 0.15) is 0 Å². The van der Waals surface area contributed by atoms with E-state index in [-0.39, 0.29) is 0 Å². The molecule has 0 radical (unpaired) electrons. The molecule has 20 heavy (non-hydrogen) atoms. The number of rotatable bonds is 5. The Morgan fingerprint density at radius 1 is 1.05 bits per heavy atom. The Balaban J connectivity index is 2.05. The number of aryl methyl sites for hydroxylation is 3. The second kappa shape index (κ2) is 6.25. The van der Waals surface area contributed by atoms with Crippen LogP contribution in [-0.2, 0) is 6.42 Å². The molecule has 1 heterocycles. The van der Waals surface area contributed by atoms with Crippen molar-refractivity contribution in [2.24, 2.45) is 0 Å². The van der Waals surface area contributed by atoms with Crippen molar-refractivity contribution in [1.29, 1.82) is 0 Å². The second-order valence-corrected chi connectivity index (χ2v) is 6.14. The van der Waals surface area contributed by atoms with E-state index in [4.69, 9.17) is 5.10 Å². The summed E-state index contributed by atoms with van der Waals surface area (Å²) in [5, 5.41) is 4.76. The van der Waals surface area contributed by atoms with Gasteiger partial charge in [-0.2, -0.15) is 5.10 Å². The summed E-state index contributed by atoms with van der Waals surface area (Å²) in [5.74, 6) is 0.509. The predicted octanol–water partition coefficient (Wildman–Crippen LogP) is 4.82. The van der Waals surface area contributed by atoms with Crippen LogP contribution in [0.2, 0.25) is 0 Å². The largest absolute Gasteiger partial charge is 0.270 e. The molecular weight excluding hydrogens is 244 g/mol. The fourth-order valence-corrected chi connectivity index (χ4v) is 2.65. The van der Waals surface area contributed by atoms with E-state index in [0.717, 1.165) is 12.8 Å². The predicted molar refractivity (Wildman–Crippen MR) is 85.3 cm³/mol. The van der Waals surface area contributed by atoms with E-state index < -0.39 is 0 Å². The zero-order valence-corrected chi connectivity index (χ0v) is 13.4. The van der Waals surface area contributed by atoms with Gasteiger partial charge in [-0.25, -0.2) is 0 Å². The Labute approximate surface area is 122 Å². The van der Waals surface area contributed by atoms with Crippen molar-refractivity contribution in [3.05, 3.63) is 52.8 Å². The van der Waals surface area contributed by atoms with Gasteiger partial charge in [0.15, 0.2) is 0 Å². The fourth-order valence-electron chi connectivity index (χ4n) is 2.65. The molecule has 0 bridgehead atoms. The van der Waals surface area contributed by atoms with Gasteiger partial charge in [-0.15, -0.1) is 0 Å². The van der Waals surface area contributed by atoms with Gasteiger partial charge in [-0.05, 0) is 57.2 Å². The molecule has 2 rings (SSSR count). The van der Waals surface area contributed by atoms with Crippen LogP contribution in [0.25, 0.3) is 0 Å². The van der Waals surface area contributed by atoms with E-state index in [0.29, 0.717) is 12.0 Å². The van der Waals surface area contributed by atoms with E-state index in [1.54, 1.807) is 0 Å². The average Bonchev–Trinajstić information content (AvgIpc) is 2.80. The van der Waals surface area contributed by atoms with E-state index in [9.17, 15) is 0 Å². The number of nitrogens with zero attached hydrogens (tertiary/aromatic N) is 2. The van der Waals surface area contributed by atoms with Crippen molar-refractivity contribution in [2.75, 3.05) is 0 Å². The summed E-state index contributed by atoms with van der Waals surface area (Å²) in [4.78, 5) is 0. The molecule has 2 nitrogen and oxygen atoms in total. The SMILES string of the molecule is Cc1ccccc1CCC(C)c1nn(C(C)C)cc1C. The zero-order chi connectivity index (χ0) is 14.7. The monoisotopic (exact) mass is 270 g/mol. The maximum absolute atomic E-state index is 4.76. The van der Waals surface area contributed by atoms with Crippen molar-refractivity contribution in [2.45, 2.75) is 59.4 Å². The molecule has 0 spiro atoms. The highest BCUT2D eigenvalue weighted by molar-refractivity contribution is 5.26. The first-order valence-corrected chi connectivity index (χ1v) is 7.59. The first-order chi connectivity index (χ1) is 9.49. The van der Waals surface area contributed by atoms with Gasteiger partial charge >= 0.3 is 0 Å². The van der Waals surface area contributed by atoms with Gasteiger partial charge in [0.05, 0.1) is 5.69 Å². The molecule has 0 fully saturated rings. The normalized spacial score (nSPS) is 12.9. The molecule has 1 unspecified atom stereocenters. The van der Waals surface area contributed by atoms with Gasteiger partial charge in [0, 0.05) is 18.2 Å². The molecule has 0 N–H and O–H groups in total. The molecule has 1 atom stereocenters. The first-order valence-electron chi connectivity index (χ1n) is 7.59. The van der Waals surface area contributed by atoms with Crippen LogP contribution in [0, 0.1) is 13.8 Å². The molecule has 0 aliphatic rings. The standard InChI is InChI=1S/C18H26N2/c1-13(2)20-12-16(5)18(19-20)15(4)10-11-17-9-7-6-8-14(17)3/h6-9,12-13,15H,10-11H2,1-5H3. The Morgan fingerprint density at radius 2 is 1.75 bits per heavy atom. The number of hydrogen-bond acceptors (Lipinski definition) is 1. The lowest BCUT2D eigenvalue weighted by Crippen LogP contribution is -2.04. The van der Waals surface area contributed by atoms with Gasteiger partial charge in [-0.3, -0.25) is 4.68 Å². The van der Waals surface area contributed by atoms with Gasteiger partial charge in [0.2, 0.25) is 0 Å². The lowest BCUT2D eigenvalue weighted by atomic mass is 9.95. The van der Waals surface area contributed by atoms with Crippen molar-refractivity contribution in [1.82, 2.24) is 9.78 Å². The third kappa shape index (κ3) is 3.30. The number of benzene rings is 1. The van der Waals surface area contributed by atoms with Gasteiger partial charge < -0.3 is 0 Å². The van der Waals surface area contributed by atoms with Crippen LogP contribution < -0.4 is 0 Å². The summed E-state index contributed by atoms with van der Waals surface area (Å²) >= 11 is 0. The molecule has 2 aromatic rings. The molecule has 0 aliphatic heterocycles. The molecule has 1 aromatic carbocycles. The van der Waals surface area contributed by atoms with E-state index in [2.05, 4.69) is 69.8 Å². The summed E-state index contributed by atoms with van der Waals surface area (Å²) < 4.78 is 2.08. The third-order valence-electron chi connectivity index (χ3n) is 4.06. The molecule has 0 saturated heterocycles. The molecule has 1 aromatic heterocycles. The molecule has 0 aliphatic carbocycles. The summed E-state index contributed by atoms with van der Waals surface area (Å²) in [5.41, 5.74) is 5.42. The lowest BCUT2D eigenvalue weighted by Gasteiger charge is -2.12. The molecule has 0 saturated carbocycles. The van der Waals surface area contributed by atoms with Crippen LogP contribution in [0.3, 0.4) is 0 Å². The maximum Gasteiger partial charge on any atom is 0.0682 e. The third-order valence-corrected chi connectivity index (χ3v) is 4.06. The van der Waals surface area contributed by atoms with Crippen LogP contribution in [-0.4, -0.2) is 9.78 Å². The van der Waals surface area contributed by atoms with Gasteiger partial charge in [0.25, 0.3) is 0 Å². The minimum absolute atomic E-state index is 0.436. The Morgan fingerprint density at radius 3 is 2.35 bits per heavy atom. The van der Waals surface area contributed by atoms with Gasteiger partial charge in [-0.1, -0.05) is 31.2 Å². The van der Waals surface area contributed by atoms with Crippen molar-refractivity contribution in [3.63, 3.8) is 0 Å². The maximum atomic E-state index is 4.76. The van der Waals surface area contributed by atoms with Crippen LogP contribution in [0.15, 0.2) is 30.5 Å². The second-order valence-electron chi connectivity index (χ2n) is 6.14. The Hall–Kier alpha value is -1.57. The lowest BCUT2D eigenvalue weighted by molar-refractivity contribution is 0.516. The van der Waals surface area contributed by atoms with Crippen LogP contribution >= 0.6 is 0 Å².